The summed E-state index contributed by atoms with van der Waals surface area (Å²) in [5, 5.41) is 9.36. The average Bonchev–Trinajstić information content (AvgIpc) is 2.72. The number of phenolic OH excluding ortho intramolecular Hbond substituents is 1. The van der Waals surface area contributed by atoms with Crippen LogP contribution in [0.5, 0.6) is 5.75 Å². The van der Waals surface area contributed by atoms with Crippen LogP contribution in [0.4, 0.5) is 10.1 Å². The van der Waals surface area contributed by atoms with Crippen molar-refractivity contribution in [2.75, 3.05) is 17.2 Å². The molecule has 4 nitrogen and oxygen atoms in total. The summed E-state index contributed by atoms with van der Waals surface area (Å²) in [5.74, 6) is -0.537. The molecule has 1 unspecified atom stereocenters. The molecule has 1 N–H and O–H groups in total. The Morgan fingerprint density at radius 3 is 2.95 bits per heavy atom. The number of thioether (sulfide) groups is 1. The predicted octanol–water partition coefficient (Wildman–Crippen LogP) is 2.16. The maximum absolute atomic E-state index is 13.0. The summed E-state index contributed by atoms with van der Waals surface area (Å²) in [6.07, 6.45) is 0.373. The molecule has 0 aromatic heterocycles. The molecule has 1 saturated heterocycles. The highest BCUT2D eigenvalue weighted by molar-refractivity contribution is 8.13. The molecule has 0 aliphatic carbocycles. The smallest absolute Gasteiger partial charge is 0.227 e. The highest BCUT2D eigenvalue weighted by Gasteiger charge is 2.31. The van der Waals surface area contributed by atoms with Gasteiger partial charge in [-0.1, -0.05) is 11.8 Å². The molecule has 1 heterocycles. The van der Waals surface area contributed by atoms with E-state index in [2.05, 4.69) is 0 Å². The number of hydrogen-bond donors (Lipinski definition) is 1. The van der Waals surface area contributed by atoms with E-state index in [0.29, 0.717) is 24.4 Å². The molecule has 2 rings (SSSR count). The van der Waals surface area contributed by atoms with Crippen LogP contribution in [-0.2, 0) is 9.59 Å². The maximum Gasteiger partial charge on any atom is 0.227 e. The largest absolute Gasteiger partial charge is 0.505 e. The van der Waals surface area contributed by atoms with Gasteiger partial charge in [-0.2, -0.15) is 0 Å². The molecule has 0 saturated carbocycles. The number of anilines is 1. The third-order valence-electron chi connectivity index (χ3n) is 2.97. The first-order valence-corrected chi connectivity index (χ1v) is 6.88. The molecule has 1 fully saturated rings. The number of rotatable bonds is 3. The predicted molar refractivity (Wildman–Crippen MR) is 71.7 cm³/mol. The molecule has 1 atom stereocenters. The fourth-order valence-corrected chi connectivity index (χ4v) is 2.74. The van der Waals surface area contributed by atoms with Crippen LogP contribution in [0.25, 0.3) is 0 Å². The number of aromatic hydroxyl groups is 1. The highest BCUT2D eigenvalue weighted by atomic mass is 32.2. The zero-order chi connectivity index (χ0) is 14.0. The zero-order valence-electron chi connectivity index (χ0n) is 10.4. The Balaban J connectivity index is 2.07. The van der Waals surface area contributed by atoms with E-state index >= 15 is 0 Å². The van der Waals surface area contributed by atoms with Crippen LogP contribution in [0.1, 0.15) is 13.3 Å². The first-order chi connectivity index (χ1) is 8.97. The summed E-state index contributed by atoms with van der Waals surface area (Å²) < 4.78 is 13.0. The van der Waals surface area contributed by atoms with Gasteiger partial charge in [-0.25, -0.2) is 4.39 Å². The highest BCUT2D eigenvalue weighted by Crippen LogP contribution is 2.30. The minimum atomic E-state index is -0.709. The zero-order valence-corrected chi connectivity index (χ0v) is 11.2. The maximum atomic E-state index is 13.0. The van der Waals surface area contributed by atoms with Crippen LogP contribution in [0, 0.1) is 11.7 Å². The molecule has 1 aromatic carbocycles. The van der Waals surface area contributed by atoms with E-state index in [0.717, 1.165) is 6.07 Å². The van der Waals surface area contributed by atoms with Crippen molar-refractivity contribution in [3.8, 4) is 5.75 Å². The SMILES string of the molecule is CC(=O)SCC1CC(=O)N(c2ccc(F)c(O)c2)C1. The molecule has 0 radical (unpaired) electrons. The van der Waals surface area contributed by atoms with Gasteiger partial charge in [0.1, 0.15) is 0 Å². The Kier molecular flexibility index (Phi) is 4.09. The lowest BCUT2D eigenvalue weighted by molar-refractivity contribution is -0.117. The Bertz CT molecular complexity index is 521. The number of carbonyl (C=O) groups is 2. The van der Waals surface area contributed by atoms with Crippen LogP contribution < -0.4 is 4.90 Å². The topological polar surface area (TPSA) is 57.6 Å². The quantitative estimate of drug-likeness (QED) is 0.923. The van der Waals surface area contributed by atoms with Crippen molar-refractivity contribution in [2.24, 2.45) is 5.92 Å². The number of carbonyl (C=O) groups excluding carboxylic acids is 2. The van der Waals surface area contributed by atoms with Gasteiger partial charge in [0, 0.05) is 37.4 Å². The van der Waals surface area contributed by atoms with Crippen LogP contribution >= 0.6 is 11.8 Å². The van der Waals surface area contributed by atoms with Gasteiger partial charge in [0.25, 0.3) is 0 Å². The first kappa shape index (κ1) is 13.9. The van der Waals surface area contributed by atoms with Crippen molar-refractivity contribution in [2.45, 2.75) is 13.3 Å². The van der Waals surface area contributed by atoms with E-state index < -0.39 is 11.6 Å². The normalized spacial score (nSPS) is 18.9. The second-order valence-electron chi connectivity index (χ2n) is 4.51. The molecule has 102 valence electrons. The van der Waals surface area contributed by atoms with E-state index in [9.17, 15) is 19.1 Å². The van der Waals surface area contributed by atoms with E-state index in [1.165, 1.54) is 35.7 Å². The second kappa shape index (κ2) is 5.61. The number of amides is 1. The molecule has 1 aromatic rings. The third kappa shape index (κ3) is 3.26. The van der Waals surface area contributed by atoms with Crippen LogP contribution in [-0.4, -0.2) is 28.4 Å². The van der Waals surface area contributed by atoms with Gasteiger partial charge in [-0.3, -0.25) is 9.59 Å². The summed E-state index contributed by atoms with van der Waals surface area (Å²) in [6, 6.07) is 3.84. The summed E-state index contributed by atoms with van der Waals surface area (Å²) in [4.78, 5) is 24.3. The van der Waals surface area contributed by atoms with Crippen molar-refractivity contribution in [3.63, 3.8) is 0 Å². The Labute approximate surface area is 114 Å². The molecule has 1 amide bonds. The van der Waals surface area contributed by atoms with E-state index in [1.807, 2.05) is 0 Å². The van der Waals surface area contributed by atoms with E-state index in [1.54, 1.807) is 0 Å². The summed E-state index contributed by atoms with van der Waals surface area (Å²) >= 11 is 1.21. The molecule has 6 heteroatoms. The van der Waals surface area contributed by atoms with Gasteiger partial charge in [-0.15, -0.1) is 0 Å². The molecule has 0 bridgehead atoms. The van der Waals surface area contributed by atoms with Gasteiger partial charge in [0.2, 0.25) is 5.91 Å². The van der Waals surface area contributed by atoms with Gasteiger partial charge in [0.05, 0.1) is 0 Å². The standard InChI is InChI=1S/C13H14FNO3S/c1-8(16)19-7-9-4-13(18)15(6-9)10-2-3-11(14)12(17)5-10/h2-3,5,9,17H,4,6-7H2,1H3. The van der Waals surface area contributed by atoms with E-state index in [4.69, 9.17) is 0 Å². The van der Waals surface area contributed by atoms with Crippen LogP contribution in [0.2, 0.25) is 0 Å². The second-order valence-corrected chi connectivity index (χ2v) is 5.71. The Morgan fingerprint density at radius 2 is 2.32 bits per heavy atom. The molecule has 0 spiro atoms. The third-order valence-corrected chi connectivity index (χ3v) is 4.01. The van der Waals surface area contributed by atoms with Crippen molar-refractivity contribution in [3.05, 3.63) is 24.0 Å². The van der Waals surface area contributed by atoms with Crippen molar-refractivity contribution >= 4 is 28.5 Å². The van der Waals surface area contributed by atoms with Gasteiger partial charge < -0.3 is 10.0 Å². The fourth-order valence-electron chi connectivity index (χ4n) is 2.05. The van der Waals surface area contributed by atoms with Gasteiger partial charge >= 0.3 is 0 Å². The van der Waals surface area contributed by atoms with Crippen molar-refractivity contribution < 1.29 is 19.1 Å². The van der Waals surface area contributed by atoms with Gasteiger partial charge in [-0.05, 0) is 18.1 Å². The lowest BCUT2D eigenvalue weighted by Crippen LogP contribution is -2.24. The Hall–Kier alpha value is -1.56. The van der Waals surface area contributed by atoms with Crippen LogP contribution in [0.15, 0.2) is 18.2 Å². The first-order valence-electron chi connectivity index (χ1n) is 5.89. The fraction of sp³-hybridized carbons (Fsp3) is 0.385. The minimum absolute atomic E-state index is 0.0327. The number of phenols is 1. The molecule has 1 aliphatic rings. The number of nitrogens with zero attached hydrogens (tertiary/aromatic N) is 1. The summed E-state index contributed by atoms with van der Waals surface area (Å²) in [5.41, 5.74) is 0.485. The lowest BCUT2D eigenvalue weighted by Gasteiger charge is -2.17. The minimum Gasteiger partial charge on any atom is -0.505 e. The lowest BCUT2D eigenvalue weighted by atomic mass is 10.1. The molecule has 1 aliphatic heterocycles. The van der Waals surface area contributed by atoms with Gasteiger partial charge in [0.15, 0.2) is 16.7 Å². The summed E-state index contributed by atoms with van der Waals surface area (Å²) in [7, 11) is 0. The number of halogens is 1. The van der Waals surface area contributed by atoms with Crippen molar-refractivity contribution in [1.82, 2.24) is 0 Å². The average molecular weight is 283 g/mol. The van der Waals surface area contributed by atoms with E-state index in [-0.39, 0.29) is 16.9 Å². The monoisotopic (exact) mass is 283 g/mol. The molecule has 19 heavy (non-hydrogen) atoms. The molecular formula is C13H14FNO3S. The summed E-state index contributed by atoms with van der Waals surface area (Å²) in [6.45, 7) is 1.99. The van der Waals surface area contributed by atoms with Crippen LogP contribution in [0.3, 0.4) is 0 Å². The van der Waals surface area contributed by atoms with Crippen molar-refractivity contribution in [1.29, 1.82) is 0 Å². The number of benzene rings is 1. The Morgan fingerprint density at radius 1 is 1.58 bits per heavy atom. The molecular weight excluding hydrogens is 269 g/mol. The number of hydrogen-bond acceptors (Lipinski definition) is 4.